The standard InChI is InChI=1S/C24H34N6O2S/c1-14(2)10-21-28-19-13-25-18(22-26-15(3)29-33-22)12-20(19)30(21)17-9-7-8-16(11-17)27-23(31)32-24(4,5)6/h12-14,16-17H,7-11H2,1-6H3,(H,27,31)/t16-,17+/m0/s1. The van der Waals surface area contributed by atoms with Gasteiger partial charge in [-0.2, -0.15) is 4.37 Å². The van der Waals surface area contributed by atoms with E-state index >= 15 is 0 Å². The highest BCUT2D eigenvalue weighted by atomic mass is 32.1. The molecule has 0 aromatic carbocycles. The van der Waals surface area contributed by atoms with Crippen LogP contribution >= 0.6 is 11.5 Å². The minimum atomic E-state index is -0.504. The molecular weight excluding hydrogens is 436 g/mol. The summed E-state index contributed by atoms with van der Waals surface area (Å²) in [5.41, 5.74) is 2.30. The summed E-state index contributed by atoms with van der Waals surface area (Å²) in [6.07, 6.45) is 6.30. The van der Waals surface area contributed by atoms with Crippen molar-refractivity contribution in [1.82, 2.24) is 29.2 Å². The van der Waals surface area contributed by atoms with E-state index in [1.807, 2.05) is 33.9 Å². The van der Waals surface area contributed by atoms with Gasteiger partial charge in [-0.3, -0.25) is 4.98 Å². The maximum absolute atomic E-state index is 12.4. The van der Waals surface area contributed by atoms with E-state index in [9.17, 15) is 4.79 Å². The number of hydrogen-bond acceptors (Lipinski definition) is 7. The van der Waals surface area contributed by atoms with Crippen molar-refractivity contribution < 1.29 is 9.53 Å². The van der Waals surface area contributed by atoms with Crippen molar-refractivity contribution >= 4 is 28.7 Å². The molecule has 0 unspecified atom stereocenters. The average molecular weight is 471 g/mol. The molecule has 0 saturated heterocycles. The van der Waals surface area contributed by atoms with Crippen LogP contribution in [-0.4, -0.2) is 41.6 Å². The number of amides is 1. The number of nitrogens with one attached hydrogen (secondary N) is 1. The minimum absolute atomic E-state index is 0.0788. The van der Waals surface area contributed by atoms with Gasteiger partial charge in [0, 0.05) is 18.5 Å². The fraction of sp³-hybridized carbons (Fsp3) is 0.625. The Labute approximate surface area is 199 Å². The van der Waals surface area contributed by atoms with Crippen LogP contribution in [0.1, 0.15) is 78.0 Å². The summed E-state index contributed by atoms with van der Waals surface area (Å²) in [4.78, 5) is 26.5. The van der Waals surface area contributed by atoms with Gasteiger partial charge < -0.3 is 14.6 Å². The molecule has 1 aliphatic carbocycles. The summed E-state index contributed by atoms with van der Waals surface area (Å²) in [6, 6.07) is 2.43. The highest BCUT2D eigenvalue weighted by Gasteiger charge is 2.29. The van der Waals surface area contributed by atoms with Gasteiger partial charge in [-0.25, -0.2) is 14.8 Å². The molecule has 4 rings (SSSR count). The second-order valence-corrected chi connectivity index (χ2v) is 11.1. The second-order valence-electron chi connectivity index (χ2n) is 10.4. The van der Waals surface area contributed by atoms with E-state index in [0.717, 1.165) is 65.5 Å². The van der Waals surface area contributed by atoms with Crippen molar-refractivity contribution in [2.75, 3.05) is 0 Å². The average Bonchev–Trinajstić information content (AvgIpc) is 3.28. The van der Waals surface area contributed by atoms with Crippen LogP contribution in [0.4, 0.5) is 4.79 Å². The van der Waals surface area contributed by atoms with Crippen LogP contribution in [0, 0.1) is 12.8 Å². The van der Waals surface area contributed by atoms with Crippen LogP contribution in [0.5, 0.6) is 0 Å². The number of hydrogen-bond donors (Lipinski definition) is 1. The first-order chi connectivity index (χ1) is 15.6. The second kappa shape index (κ2) is 9.37. The van der Waals surface area contributed by atoms with E-state index in [-0.39, 0.29) is 18.2 Å². The number of rotatable bonds is 5. The summed E-state index contributed by atoms with van der Waals surface area (Å²) >= 11 is 1.37. The van der Waals surface area contributed by atoms with Crippen LogP contribution in [0.25, 0.3) is 21.7 Å². The number of nitrogens with zero attached hydrogens (tertiary/aromatic N) is 5. The first kappa shape index (κ1) is 23.6. The van der Waals surface area contributed by atoms with Crippen LogP contribution in [0.15, 0.2) is 12.3 Å². The van der Waals surface area contributed by atoms with Crippen molar-refractivity contribution in [3.63, 3.8) is 0 Å². The first-order valence-electron chi connectivity index (χ1n) is 11.8. The number of carbonyl (C=O) groups excluding carboxylic acids is 1. The van der Waals surface area contributed by atoms with Gasteiger partial charge in [0.15, 0.2) is 5.01 Å². The van der Waals surface area contributed by atoms with Gasteiger partial charge in [-0.05, 0) is 76.9 Å². The fourth-order valence-electron chi connectivity index (χ4n) is 4.49. The molecule has 1 amide bonds. The highest BCUT2D eigenvalue weighted by molar-refractivity contribution is 7.09. The summed E-state index contributed by atoms with van der Waals surface area (Å²) in [5, 5.41) is 3.91. The van der Waals surface area contributed by atoms with E-state index < -0.39 is 5.60 Å². The number of fused-ring (bicyclic) bond motifs is 1. The molecule has 9 heteroatoms. The zero-order valence-corrected chi connectivity index (χ0v) is 21.2. The van der Waals surface area contributed by atoms with Crippen molar-refractivity contribution in [2.45, 2.75) is 91.3 Å². The number of imidazole rings is 1. The highest BCUT2D eigenvalue weighted by Crippen LogP contribution is 2.35. The molecule has 1 aliphatic rings. The van der Waals surface area contributed by atoms with Crippen molar-refractivity contribution in [3.05, 3.63) is 23.9 Å². The Balaban J connectivity index is 1.66. The monoisotopic (exact) mass is 470 g/mol. The molecule has 1 N–H and O–H groups in total. The Morgan fingerprint density at radius 3 is 2.76 bits per heavy atom. The summed E-state index contributed by atoms with van der Waals surface area (Å²) in [7, 11) is 0. The largest absolute Gasteiger partial charge is 0.444 e. The maximum Gasteiger partial charge on any atom is 0.407 e. The van der Waals surface area contributed by atoms with Gasteiger partial charge in [-0.15, -0.1) is 0 Å². The van der Waals surface area contributed by atoms with Crippen molar-refractivity contribution in [2.24, 2.45) is 5.92 Å². The smallest absolute Gasteiger partial charge is 0.407 e. The third-order valence-corrected chi connectivity index (χ3v) is 6.55. The molecule has 3 heterocycles. The Morgan fingerprint density at radius 1 is 1.30 bits per heavy atom. The first-order valence-corrected chi connectivity index (χ1v) is 12.5. The molecule has 1 fully saturated rings. The topological polar surface area (TPSA) is 94.8 Å². The number of alkyl carbamates (subject to hydrolysis) is 1. The van der Waals surface area contributed by atoms with Gasteiger partial charge in [0.25, 0.3) is 0 Å². The molecule has 33 heavy (non-hydrogen) atoms. The predicted octanol–water partition coefficient (Wildman–Crippen LogP) is 5.47. The van der Waals surface area contributed by atoms with Crippen LogP contribution in [0.2, 0.25) is 0 Å². The van der Waals surface area contributed by atoms with E-state index in [1.165, 1.54) is 11.5 Å². The molecule has 8 nitrogen and oxygen atoms in total. The van der Waals surface area contributed by atoms with Gasteiger partial charge >= 0.3 is 6.09 Å². The van der Waals surface area contributed by atoms with Crippen molar-refractivity contribution in [3.8, 4) is 10.7 Å². The molecule has 1 saturated carbocycles. The number of carbonyl (C=O) groups is 1. The quantitative estimate of drug-likeness (QED) is 0.532. The molecule has 3 aromatic heterocycles. The normalized spacial score (nSPS) is 19.2. The van der Waals surface area contributed by atoms with Gasteiger partial charge in [0.1, 0.15) is 28.5 Å². The van der Waals surface area contributed by atoms with E-state index in [4.69, 9.17) is 9.72 Å². The molecular formula is C24H34N6O2S. The Kier molecular flexibility index (Phi) is 6.70. The number of ether oxygens (including phenoxy) is 1. The fourth-order valence-corrected chi connectivity index (χ4v) is 5.12. The van der Waals surface area contributed by atoms with E-state index in [2.05, 4.69) is 44.1 Å². The molecule has 0 aliphatic heterocycles. The zero-order valence-electron chi connectivity index (χ0n) is 20.4. The molecule has 3 aromatic rings. The van der Waals surface area contributed by atoms with E-state index in [1.54, 1.807) is 0 Å². The molecule has 2 atom stereocenters. The third-order valence-electron chi connectivity index (χ3n) is 5.72. The number of pyridine rings is 1. The maximum atomic E-state index is 12.4. The lowest BCUT2D eigenvalue weighted by Gasteiger charge is -2.32. The Morgan fingerprint density at radius 2 is 2.09 bits per heavy atom. The summed E-state index contributed by atoms with van der Waals surface area (Å²) < 4.78 is 12.2. The third kappa shape index (κ3) is 5.69. The van der Waals surface area contributed by atoms with Gasteiger partial charge in [-0.1, -0.05) is 13.8 Å². The summed E-state index contributed by atoms with van der Waals surface area (Å²) in [5.74, 6) is 2.32. The van der Waals surface area contributed by atoms with Gasteiger partial charge in [0.05, 0.1) is 11.7 Å². The predicted molar refractivity (Wildman–Crippen MR) is 130 cm³/mol. The SMILES string of the molecule is Cc1nsc(-c2cc3c(cn2)nc(CC(C)C)n3[C@@H]2CCC[C@H](NC(=O)OC(C)(C)C)C2)n1. The Bertz CT molecular complexity index is 1130. The number of aromatic nitrogens is 5. The molecule has 0 bridgehead atoms. The lowest BCUT2D eigenvalue weighted by molar-refractivity contribution is 0.0486. The van der Waals surface area contributed by atoms with E-state index in [0.29, 0.717) is 5.92 Å². The lowest BCUT2D eigenvalue weighted by Crippen LogP contribution is -2.41. The zero-order chi connectivity index (χ0) is 23.8. The van der Waals surface area contributed by atoms with Crippen LogP contribution in [-0.2, 0) is 11.2 Å². The van der Waals surface area contributed by atoms with Crippen LogP contribution in [0.3, 0.4) is 0 Å². The van der Waals surface area contributed by atoms with Crippen molar-refractivity contribution in [1.29, 1.82) is 0 Å². The Hall–Kier alpha value is -2.55. The van der Waals surface area contributed by atoms with Gasteiger partial charge in [0.2, 0.25) is 0 Å². The molecule has 178 valence electrons. The minimum Gasteiger partial charge on any atom is -0.444 e. The number of aryl methyl sites for hydroxylation is 1. The summed E-state index contributed by atoms with van der Waals surface area (Å²) in [6.45, 7) is 12.0. The molecule has 0 spiro atoms. The lowest BCUT2D eigenvalue weighted by atomic mass is 9.90. The van der Waals surface area contributed by atoms with Crippen LogP contribution < -0.4 is 5.32 Å². The molecule has 0 radical (unpaired) electrons.